The van der Waals surface area contributed by atoms with E-state index in [2.05, 4.69) is 25.9 Å². The second-order valence-electron chi connectivity index (χ2n) is 10.5. The van der Waals surface area contributed by atoms with Gasteiger partial charge in [-0.2, -0.15) is 0 Å². The average molecular weight is 602 g/mol. The Hall–Kier alpha value is -4.66. The second-order valence-corrected chi connectivity index (χ2v) is 10.5. The second kappa shape index (κ2) is 16.7. The number of rotatable bonds is 18. The number of hydrogen-bond donors (Lipinski definition) is 9. The zero-order valence-corrected chi connectivity index (χ0v) is 24.5. The fraction of sp³-hybridized carbons (Fsp3) is 0.500. The summed E-state index contributed by atoms with van der Waals surface area (Å²) in [4.78, 5) is 69.6. The maximum Gasteiger partial charge on any atom is 0.326 e. The quantitative estimate of drug-likeness (QED) is 0.0571. The molecule has 13 N–H and O–H groups in total. The van der Waals surface area contributed by atoms with E-state index >= 15 is 0 Å². The van der Waals surface area contributed by atoms with E-state index in [0.717, 1.165) is 16.5 Å². The number of nitrogens with two attached hydrogens (primary N) is 4. The summed E-state index contributed by atoms with van der Waals surface area (Å²) in [5.74, 6) is -4.56. The molecule has 0 aliphatic rings. The highest BCUT2D eigenvalue weighted by Crippen LogP contribution is 2.19. The highest BCUT2D eigenvalue weighted by atomic mass is 16.4. The minimum Gasteiger partial charge on any atom is -0.480 e. The van der Waals surface area contributed by atoms with Crippen molar-refractivity contribution < 1.29 is 29.1 Å². The van der Waals surface area contributed by atoms with E-state index < -0.39 is 53.8 Å². The molecule has 15 nitrogen and oxygen atoms in total. The van der Waals surface area contributed by atoms with Crippen LogP contribution in [0, 0.1) is 5.92 Å². The van der Waals surface area contributed by atoms with Crippen LogP contribution >= 0.6 is 0 Å². The average Bonchev–Trinajstić information content (AvgIpc) is 3.36. The van der Waals surface area contributed by atoms with E-state index in [1.807, 2.05) is 31.2 Å². The van der Waals surface area contributed by atoms with Crippen molar-refractivity contribution in [3.05, 3.63) is 36.0 Å². The van der Waals surface area contributed by atoms with Crippen LogP contribution in [0.25, 0.3) is 10.9 Å². The lowest BCUT2D eigenvalue weighted by atomic mass is 9.96. The fourth-order valence-electron chi connectivity index (χ4n) is 4.44. The SMILES string of the molecule is CCC(C)C(NC(=O)C(N)Cc1c[nH]c2ccccc12)C(=O)NC(CCCN=C(N)N)C(=O)NC(CCC(N)=O)C(=O)O. The number of nitrogens with zero attached hydrogens (tertiary/aromatic N) is 1. The number of carboxylic acid groups (broad SMARTS) is 1. The van der Waals surface area contributed by atoms with Gasteiger partial charge in [0.2, 0.25) is 23.6 Å². The molecular weight excluding hydrogens is 558 g/mol. The number of fused-ring (bicyclic) bond motifs is 1. The van der Waals surface area contributed by atoms with Crippen molar-refractivity contribution in [3.8, 4) is 0 Å². The van der Waals surface area contributed by atoms with E-state index in [4.69, 9.17) is 22.9 Å². The molecule has 0 aliphatic carbocycles. The zero-order valence-electron chi connectivity index (χ0n) is 24.5. The molecule has 43 heavy (non-hydrogen) atoms. The molecule has 0 saturated heterocycles. The first-order valence-electron chi connectivity index (χ1n) is 14.1. The third kappa shape index (κ3) is 10.9. The Balaban J connectivity index is 2.18. The van der Waals surface area contributed by atoms with Crippen LogP contribution in [0.5, 0.6) is 0 Å². The number of para-hydroxylation sites is 1. The third-order valence-electron chi connectivity index (χ3n) is 7.12. The summed E-state index contributed by atoms with van der Waals surface area (Å²) in [5.41, 5.74) is 23.8. The molecule has 236 valence electrons. The molecule has 0 aliphatic heterocycles. The van der Waals surface area contributed by atoms with Crippen molar-refractivity contribution in [3.63, 3.8) is 0 Å². The van der Waals surface area contributed by atoms with Crippen LogP contribution in [0.1, 0.15) is 51.5 Å². The number of carbonyl (C=O) groups is 5. The molecule has 4 amide bonds. The van der Waals surface area contributed by atoms with Crippen molar-refractivity contribution in [1.82, 2.24) is 20.9 Å². The van der Waals surface area contributed by atoms with Gasteiger partial charge >= 0.3 is 5.97 Å². The Morgan fingerprint density at radius 2 is 1.63 bits per heavy atom. The number of primary amides is 1. The van der Waals surface area contributed by atoms with Crippen LogP contribution in [-0.4, -0.2) is 76.4 Å². The Morgan fingerprint density at radius 1 is 0.953 bits per heavy atom. The Bertz CT molecular complexity index is 1310. The summed E-state index contributed by atoms with van der Waals surface area (Å²) < 4.78 is 0. The Morgan fingerprint density at radius 3 is 2.26 bits per heavy atom. The number of amides is 4. The van der Waals surface area contributed by atoms with Gasteiger partial charge in [0.25, 0.3) is 0 Å². The maximum atomic E-state index is 13.5. The first-order valence-corrected chi connectivity index (χ1v) is 14.1. The summed E-state index contributed by atoms with van der Waals surface area (Å²) in [5, 5.41) is 18.2. The highest BCUT2D eigenvalue weighted by Gasteiger charge is 2.32. The van der Waals surface area contributed by atoms with Gasteiger partial charge in [-0.3, -0.25) is 24.2 Å². The number of carboxylic acids is 1. The van der Waals surface area contributed by atoms with Gasteiger partial charge in [0, 0.05) is 30.1 Å². The molecule has 15 heteroatoms. The van der Waals surface area contributed by atoms with Crippen LogP contribution in [0.15, 0.2) is 35.5 Å². The van der Waals surface area contributed by atoms with Crippen molar-refractivity contribution in [2.24, 2.45) is 33.8 Å². The van der Waals surface area contributed by atoms with Crippen LogP contribution in [0.2, 0.25) is 0 Å². The lowest BCUT2D eigenvalue weighted by molar-refractivity contribution is -0.142. The number of guanidine groups is 1. The van der Waals surface area contributed by atoms with Crippen LogP contribution < -0.4 is 38.9 Å². The molecule has 0 saturated carbocycles. The first kappa shape index (κ1) is 34.5. The Kier molecular flexibility index (Phi) is 13.4. The summed E-state index contributed by atoms with van der Waals surface area (Å²) in [7, 11) is 0. The molecule has 0 bridgehead atoms. The molecule has 0 radical (unpaired) electrons. The molecule has 1 heterocycles. The molecule has 5 atom stereocenters. The van der Waals surface area contributed by atoms with Crippen LogP contribution in [-0.2, 0) is 30.4 Å². The number of benzene rings is 1. The monoisotopic (exact) mass is 601 g/mol. The van der Waals surface area contributed by atoms with Gasteiger partial charge in [-0.1, -0.05) is 38.5 Å². The molecule has 1 aromatic heterocycles. The number of aromatic nitrogens is 1. The fourth-order valence-corrected chi connectivity index (χ4v) is 4.44. The summed E-state index contributed by atoms with van der Waals surface area (Å²) >= 11 is 0. The topological polar surface area (TPSA) is 274 Å². The standard InChI is InChI=1S/C28H43N9O6/c1-3-15(2)23(37-24(39)18(29)13-16-14-34-19-8-5-4-7-17(16)19)26(41)35-20(9-6-12-33-28(31)32)25(40)36-21(27(42)43)10-11-22(30)38/h4-5,7-8,14-15,18,20-21,23,34H,3,6,9-13,29H2,1-2H3,(H2,30,38)(H,35,41)(H,36,40)(H,37,39)(H,42,43)(H4,31,32,33). The zero-order chi connectivity index (χ0) is 32.1. The normalized spacial score (nSPS) is 14.5. The smallest absolute Gasteiger partial charge is 0.326 e. The molecular formula is C28H43N9O6. The van der Waals surface area contributed by atoms with Gasteiger partial charge in [0.05, 0.1) is 6.04 Å². The lowest BCUT2D eigenvalue weighted by Crippen LogP contribution is -2.58. The molecule has 0 fully saturated rings. The van der Waals surface area contributed by atoms with E-state index in [1.54, 1.807) is 13.1 Å². The van der Waals surface area contributed by atoms with Gasteiger partial charge in [0.15, 0.2) is 5.96 Å². The summed E-state index contributed by atoms with van der Waals surface area (Å²) in [6.45, 7) is 3.77. The highest BCUT2D eigenvalue weighted by molar-refractivity contribution is 5.94. The van der Waals surface area contributed by atoms with Gasteiger partial charge in [0.1, 0.15) is 18.1 Å². The minimum absolute atomic E-state index is 0.0533. The van der Waals surface area contributed by atoms with Gasteiger partial charge < -0.3 is 49.0 Å². The number of nitrogens with one attached hydrogen (secondary N) is 4. The molecule has 0 spiro atoms. The predicted octanol–water partition coefficient (Wildman–Crippen LogP) is -1.06. The van der Waals surface area contributed by atoms with Crippen LogP contribution in [0.3, 0.4) is 0 Å². The molecule has 5 unspecified atom stereocenters. The van der Waals surface area contributed by atoms with E-state index in [0.29, 0.717) is 6.42 Å². The van der Waals surface area contributed by atoms with Gasteiger partial charge in [-0.25, -0.2) is 4.79 Å². The number of aliphatic carboxylic acids is 1. The number of aliphatic imine (C=N–C) groups is 1. The molecule has 2 rings (SSSR count). The molecule has 2 aromatic rings. The van der Waals surface area contributed by atoms with Gasteiger partial charge in [-0.15, -0.1) is 0 Å². The van der Waals surface area contributed by atoms with Crippen molar-refractivity contribution >= 4 is 46.5 Å². The number of carbonyl (C=O) groups excluding carboxylic acids is 4. The first-order chi connectivity index (χ1) is 20.3. The largest absolute Gasteiger partial charge is 0.480 e. The predicted molar refractivity (Wildman–Crippen MR) is 161 cm³/mol. The number of H-pyrrole nitrogens is 1. The van der Waals surface area contributed by atoms with E-state index in [1.165, 1.54) is 0 Å². The van der Waals surface area contributed by atoms with Gasteiger partial charge in [-0.05, 0) is 43.2 Å². The number of aromatic amines is 1. The summed E-state index contributed by atoms with van der Waals surface area (Å²) in [6, 6.07) is 3.00. The van der Waals surface area contributed by atoms with Crippen molar-refractivity contribution in [2.75, 3.05) is 6.54 Å². The third-order valence-corrected chi connectivity index (χ3v) is 7.12. The molecule has 1 aromatic carbocycles. The van der Waals surface area contributed by atoms with E-state index in [9.17, 15) is 29.1 Å². The Labute approximate surface area is 249 Å². The van der Waals surface area contributed by atoms with E-state index in [-0.39, 0.29) is 50.5 Å². The summed E-state index contributed by atoms with van der Waals surface area (Å²) in [6.07, 6.45) is 2.36. The minimum atomic E-state index is -1.41. The lowest BCUT2D eigenvalue weighted by Gasteiger charge is -2.28. The maximum absolute atomic E-state index is 13.5. The van der Waals surface area contributed by atoms with Crippen molar-refractivity contribution in [1.29, 1.82) is 0 Å². The van der Waals surface area contributed by atoms with Crippen molar-refractivity contribution in [2.45, 2.75) is 76.5 Å². The van der Waals surface area contributed by atoms with Crippen LogP contribution in [0.4, 0.5) is 0 Å². The number of hydrogen-bond acceptors (Lipinski definition) is 7.